The van der Waals surface area contributed by atoms with Crippen LogP contribution in [-0.2, 0) is 9.53 Å². The van der Waals surface area contributed by atoms with E-state index in [9.17, 15) is 14.4 Å². The maximum atomic E-state index is 12.0. The molecule has 0 unspecified atom stereocenters. The van der Waals surface area contributed by atoms with Gasteiger partial charge in [-0.1, -0.05) is 13.8 Å². The van der Waals surface area contributed by atoms with Crippen molar-refractivity contribution >= 4 is 34.1 Å². The summed E-state index contributed by atoms with van der Waals surface area (Å²) >= 11 is 1.16. The number of primary amides is 1. The third-order valence-electron chi connectivity index (χ3n) is 3.57. The number of amides is 2. The van der Waals surface area contributed by atoms with Crippen LogP contribution in [0, 0.1) is 5.92 Å². The van der Waals surface area contributed by atoms with E-state index in [4.69, 9.17) is 15.2 Å². The Bertz CT molecular complexity index is 799. The van der Waals surface area contributed by atoms with Gasteiger partial charge < -0.3 is 20.5 Å². The zero-order chi connectivity index (χ0) is 19.8. The van der Waals surface area contributed by atoms with Crippen LogP contribution in [0.3, 0.4) is 0 Å². The van der Waals surface area contributed by atoms with Crippen molar-refractivity contribution in [2.24, 2.45) is 11.7 Å². The number of ether oxygens (including phenoxy) is 2. The summed E-state index contributed by atoms with van der Waals surface area (Å²) in [6.07, 6.45) is 0.945. The number of carbonyl (C=O) groups excluding carboxylic acids is 3. The van der Waals surface area contributed by atoms with E-state index in [-0.39, 0.29) is 5.56 Å². The predicted octanol–water partition coefficient (Wildman–Crippen LogP) is 3.07. The highest BCUT2D eigenvalue weighted by molar-refractivity contribution is 7.14. The molecule has 0 atom stereocenters. The van der Waals surface area contributed by atoms with Gasteiger partial charge in [-0.3, -0.25) is 9.59 Å². The Labute approximate surface area is 161 Å². The molecule has 0 fully saturated rings. The van der Waals surface area contributed by atoms with E-state index >= 15 is 0 Å². The zero-order valence-electron chi connectivity index (χ0n) is 15.2. The topological polar surface area (TPSA) is 108 Å². The third-order valence-corrected chi connectivity index (χ3v) is 4.40. The summed E-state index contributed by atoms with van der Waals surface area (Å²) in [7, 11) is 0. The molecule has 0 radical (unpaired) electrons. The molecule has 7 nitrogen and oxygen atoms in total. The van der Waals surface area contributed by atoms with Gasteiger partial charge in [0.2, 0.25) is 0 Å². The van der Waals surface area contributed by atoms with Crippen LogP contribution in [0.2, 0.25) is 0 Å². The smallest absolute Gasteiger partial charge is 0.338 e. The largest absolute Gasteiger partial charge is 0.494 e. The second-order valence-corrected chi connectivity index (χ2v) is 7.12. The number of nitrogens with two attached hydrogens (primary N) is 1. The van der Waals surface area contributed by atoms with Crippen molar-refractivity contribution in [1.29, 1.82) is 0 Å². The van der Waals surface area contributed by atoms with Crippen LogP contribution in [0.15, 0.2) is 35.7 Å². The van der Waals surface area contributed by atoms with Crippen molar-refractivity contribution in [3.05, 3.63) is 46.8 Å². The zero-order valence-corrected chi connectivity index (χ0v) is 16.0. The molecule has 1 aromatic heterocycles. The molecule has 0 aliphatic heterocycles. The van der Waals surface area contributed by atoms with Gasteiger partial charge in [0, 0.05) is 0 Å². The quantitative estimate of drug-likeness (QED) is 0.640. The number of thiophene rings is 1. The van der Waals surface area contributed by atoms with Crippen molar-refractivity contribution in [3.63, 3.8) is 0 Å². The number of anilines is 1. The van der Waals surface area contributed by atoms with Gasteiger partial charge in [-0.05, 0) is 48.1 Å². The van der Waals surface area contributed by atoms with E-state index in [1.54, 1.807) is 29.6 Å². The highest BCUT2D eigenvalue weighted by atomic mass is 32.1. The molecule has 0 spiro atoms. The predicted molar refractivity (Wildman–Crippen MR) is 103 cm³/mol. The summed E-state index contributed by atoms with van der Waals surface area (Å²) in [5, 5.41) is 4.46. The summed E-state index contributed by atoms with van der Waals surface area (Å²) in [5.41, 5.74) is 5.74. The van der Waals surface area contributed by atoms with E-state index in [1.807, 2.05) is 0 Å². The monoisotopic (exact) mass is 390 g/mol. The summed E-state index contributed by atoms with van der Waals surface area (Å²) in [6, 6.07) is 8.04. The molecule has 2 amide bonds. The normalized spacial score (nSPS) is 10.5. The van der Waals surface area contributed by atoms with Crippen molar-refractivity contribution in [2.45, 2.75) is 20.3 Å². The molecule has 0 saturated carbocycles. The van der Waals surface area contributed by atoms with Gasteiger partial charge in [0.25, 0.3) is 11.8 Å². The highest BCUT2D eigenvalue weighted by Crippen LogP contribution is 2.22. The maximum Gasteiger partial charge on any atom is 0.338 e. The molecule has 3 N–H and O–H groups in total. The van der Waals surface area contributed by atoms with Gasteiger partial charge in [0.1, 0.15) is 10.8 Å². The van der Waals surface area contributed by atoms with Crippen LogP contribution in [-0.4, -0.2) is 31.0 Å². The van der Waals surface area contributed by atoms with E-state index in [0.29, 0.717) is 28.8 Å². The average Bonchev–Trinajstić information content (AvgIpc) is 3.08. The van der Waals surface area contributed by atoms with Crippen LogP contribution < -0.4 is 15.8 Å². The van der Waals surface area contributed by atoms with Gasteiger partial charge in [-0.25, -0.2) is 4.79 Å². The Kier molecular flexibility index (Phi) is 7.36. The number of carbonyl (C=O) groups is 3. The lowest BCUT2D eigenvalue weighted by Gasteiger charge is -2.09. The van der Waals surface area contributed by atoms with Crippen LogP contribution in [0.4, 0.5) is 5.00 Å². The fourth-order valence-electron chi connectivity index (χ4n) is 2.08. The van der Waals surface area contributed by atoms with Crippen molar-refractivity contribution in [1.82, 2.24) is 0 Å². The molecule has 2 rings (SSSR count). The Balaban J connectivity index is 1.81. The fourth-order valence-corrected chi connectivity index (χ4v) is 2.89. The molecule has 0 aliphatic carbocycles. The van der Waals surface area contributed by atoms with Gasteiger partial charge in [-0.15, -0.1) is 11.3 Å². The number of benzene rings is 1. The van der Waals surface area contributed by atoms with Gasteiger partial charge in [0.15, 0.2) is 6.61 Å². The van der Waals surface area contributed by atoms with Crippen LogP contribution in [0.5, 0.6) is 5.75 Å². The lowest BCUT2D eigenvalue weighted by atomic mass is 10.1. The Morgan fingerprint density at radius 1 is 1.15 bits per heavy atom. The van der Waals surface area contributed by atoms with Crippen molar-refractivity contribution in [2.75, 3.05) is 18.5 Å². The molecule has 0 bridgehead atoms. The van der Waals surface area contributed by atoms with Gasteiger partial charge in [0.05, 0.1) is 17.7 Å². The van der Waals surface area contributed by atoms with Gasteiger partial charge in [-0.2, -0.15) is 0 Å². The second-order valence-electron chi connectivity index (χ2n) is 6.21. The molecule has 144 valence electrons. The highest BCUT2D eigenvalue weighted by Gasteiger charge is 2.14. The SMILES string of the molecule is CC(C)CCOc1ccc(C(=O)OCC(=O)Nc2sccc2C(N)=O)cc1. The number of nitrogens with one attached hydrogen (secondary N) is 1. The third kappa shape index (κ3) is 6.41. The number of hydrogen-bond donors (Lipinski definition) is 2. The fraction of sp³-hybridized carbons (Fsp3) is 0.316. The van der Waals surface area contributed by atoms with Crippen LogP contribution in [0.1, 0.15) is 41.0 Å². The minimum atomic E-state index is -0.640. The molecule has 27 heavy (non-hydrogen) atoms. The van der Waals surface area contributed by atoms with Crippen LogP contribution in [0.25, 0.3) is 0 Å². The summed E-state index contributed by atoms with van der Waals surface area (Å²) in [4.78, 5) is 35.1. The Morgan fingerprint density at radius 3 is 2.48 bits per heavy atom. The molecule has 1 aromatic carbocycles. The number of rotatable bonds is 9. The first-order chi connectivity index (χ1) is 12.9. The van der Waals surface area contributed by atoms with E-state index in [2.05, 4.69) is 19.2 Å². The molecular weight excluding hydrogens is 368 g/mol. The summed E-state index contributed by atoms with van der Waals surface area (Å²) in [5.74, 6) is -0.596. The second kappa shape index (κ2) is 9.72. The molecule has 0 saturated heterocycles. The van der Waals surface area contributed by atoms with Crippen molar-refractivity contribution < 1.29 is 23.9 Å². The standard InChI is InChI=1S/C19H22N2O5S/c1-12(2)7-9-25-14-5-3-13(4-6-14)19(24)26-11-16(22)21-18-15(17(20)23)8-10-27-18/h3-6,8,10,12H,7,9,11H2,1-2H3,(H2,20,23)(H,21,22). The molecular formula is C19H22N2O5S. The minimum absolute atomic E-state index is 0.215. The lowest BCUT2D eigenvalue weighted by molar-refractivity contribution is -0.119. The Hall–Kier alpha value is -2.87. The molecule has 8 heteroatoms. The molecule has 0 aliphatic rings. The first-order valence-corrected chi connectivity index (χ1v) is 9.32. The number of hydrogen-bond acceptors (Lipinski definition) is 6. The van der Waals surface area contributed by atoms with E-state index in [1.165, 1.54) is 6.07 Å². The summed E-state index contributed by atoms with van der Waals surface area (Å²) < 4.78 is 10.6. The molecule has 1 heterocycles. The summed E-state index contributed by atoms with van der Waals surface area (Å²) in [6.45, 7) is 4.37. The van der Waals surface area contributed by atoms with Crippen LogP contribution >= 0.6 is 11.3 Å². The first kappa shape index (κ1) is 20.4. The first-order valence-electron chi connectivity index (χ1n) is 8.44. The van der Waals surface area contributed by atoms with Crippen molar-refractivity contribution in [3.8, 4) is 5.75 Å². The minimum Gasteiger partial charge on any atom is -0.494 e. The maximum absolute atomic E-state index is 12.0. The molecule has 2 aromatic rings. The van der Waals surface area contributed by atoms with E-state index in [0.717, 1.165) is 17.8 Å². The Morgan fingerprint density at radius 2 is 1.85 bits per heavy atom. The number of esters is 1. The van der Waals surface area contributed by atoms with E-state index < -0.39 is 24.4 Å². The van der Waals surface area contributed by atoms with Gasteiger partial charge >= 0.3 is 5.97 Å². The lowest BCUT2D eigenvalue weighted by Crippen LogP contribution is -2.22. The average molecular weight is 390 g/mol.